The van der Waals surface area contributed by atoms with Gasteiger partial charge < -0.3 is 0 Å². The Hall–Kier alpha value is -7.34. The molecule has 6 aromatic carbocycles. The van der Waals surface area contributed by atoms with Gasteiger partial charge in [0, 0.05) is 66.6 Å². The number of fused-ring (bicyclic) bond motifs is 13. The van der Waals surface area contributed by atoms with Gasteiger partial charge in [0.15, 0.2) is 5.82 Å². The molecule has 10 aromatic rings. The van der Waals surface area contributed by atoms with E-state index < -0.39 is 5.41 Å². The number of rotatable bonds is 4. The van der Waals surface area contributed by atoms with Crippen LogP contribution in [0.4, 0.5) is 0 Å². The Bertz CT molecular complexity index is 3280. The summed E-state index contributed by atoms with van der Waals surface area (Å²) in [6.07, 6.45) is 10.1. The normalized spacial score (nSPS) is 14.9. The predicted molar refractivity (Wildman–Crippen MR) is 238 cm³/mol. The highest BCUT2D eigenvalue weighted by molar-refractivity contribution is 7.26. The molecule has 58 heavy (non-hydrogen) atoms. The molecule has 0 aliphatic heterocycles. The maximum Gasteiger partial charge on any atom is 0.160 e. The molecular formula is C53H32N4S. The number of hydrogen-bond acceptors (Lipinski definition) is 5. The van der Waals surface area contributed by atoms with Crippen molar-refractivity contribution in [1.29, 1.82) is 0 Å². The summed E-state index contributed by atoms with van der Waals surface area (Å²) in [5.41, 5.74) is 15.9. The first kappa shape index (κ1) is 32.9. The second kappa shape index (κ2) is 12.8. The summed E-state index contributed by atoms with van der Waals surface area (Å²) in [5, 5.41) is 2.62. The maximum atomic E-state index is 5.31. The molecule has 0 saturated heterocycles. The molecule has 12 rings (SSSR count). The van der Waals surface area contributed by atoms with E-state index in [9.17, 15) is 0 Å². The van der Waals surface area contributed by atoms with Crippen LogP contribution in [0.2, 0.25) is 0 Å². The largest absolute Gasteiger partial charge is 0.264 e. The van der Waals surface area contributed by atoms with Crippen molar-refractivity contribution >= 4 is 43.7 Å². The van der Waals surface area contributed by atoms with Crippen LogP contribution in [0.5, 0.6) is 0 Å². The third-order valence-electron chi connectivity index (χ3n) is 11.9. The van der Waals surface area contributed by atoms with Gasteiger partial charge in [-0.05, 0) is 81.4 Å². The van der Waals surface area contributed by atoms with Gasteiger partial charge in [0.1, 0.15) is 0 Å². The maximum absolute atomic E-state index is 5.31. The molecule has 0 N–H and O–H groups in total. The minimum atomic E-state index is -0.590. The van der Waals surface area contributed by atoms with E-state index in [1.807, 2.05) is 48.0 Å². The number of thiophene rings is 1. The van der Waals surface area contributed by atoms with Gasteiger partial charge in [-0.1, -0.05) is 133 Å². The highest BCUT2D eigenvalue weighted by Crippen LogP contribution is 2.61. The predicted octanol–water partition coefficient (Wildman–Crippen LogP) is 13.1. The summed E-state index contributed by atoms with van der Waals surface area (Å²) in [4.78, 5) is 19.7. The molecule has 2 aliphatic rings. The number of pyridine rings is 2. The first-order valence-corrected chi connectivity index (χ1v) is 20.3. The fourth-order valence-electron chi connectivity index (χ4n) is 9.31. The van der Waals surface area contributed by atoms with E-state index in [0.717, 1.165) is 39.3 Å². The van der Waals surface area contributed by atoms with Crippen LogP contribution < -0.4 is 0 Å². The van der Waals surface area contributed by atoms with Crippen molar-refractivity contribution in [2.45, 2.75) is 5.41 Å². The molecule has 1 unspecified atom stereocenters. The van der Waals surface area contributed by atoms with Crippen molar-refractivity contribution in [3.05, 3.63) is 216 Å². The third-order valence-corrected chi connectivity index (χ3v) is 13.1. The van der Waals surface area contributed by atoms with Crippen LogP contribution >= 0.6 is 11.3 Å². The Morgan fingerprint density at radius 3 is 2.02 bits per heavy atom. The fraction of sp³-hybridized carbons (Fsp3) is 0.0189. The lowest BCUT2D eigenvalue weighted by molar-refractivity contribution is 0.767. The zero-order valence-electron chi connectivity index (χ0n) is 31.2. The molecule has 1 spiro atoms. The van der Waals surface area contributed by atoms with Crippen molar-refractivity contribution in [2.24, 2.45) is 0 Å². The SMILES string of the molecule is C1=Cc2ccc(-c3nc(-c4ccccc4)cc(-c4ccc(-c5cccnc5)nc4)n3)cc2C2(c3ccccc31)c1ccccc1-c1c2ccc2c1sc1ccccc12. The van der Waals surface area contributed by atoms with Gasteiger partial charge in [-0.15, -0.1) is 11.3 Å². The monoisotopic (exact) mass is 756 g/mol. The molecule has 4 aromatic heterocycles. The van der Waals surface area contributed by atoms with E-state index in [4.69, 9.17) is 15.0 Å². The molecule has 0 bridgehead atoms. The molecule has 0 radical (unpaired) electrons. The molecule has 4 heterocycles. The minimum absolute atomic E-state index is 0.590. The molecular weight excluding hydrogens is 725 g/mol. The number of nitrogens with zero attached hydrogens (tertiary/aromatic N) is 4. The van der Waals surface area contributed by atoms with Crippen LogP contribution in [0.3, 0.4) is 0 Å². The van der Waals surface area contributed by atoms with Gasteiger partial charge >= 0.3 is 0 Å². The first-order valence-electron chi connectivity index (χ1n) is 19.5. The van der Waals surface area contributed by atoms with Gasteiger partial charge in [0.05, 0.1) is 22.5 Å². The Morgan fingerprint density at radius 1 is 0.448 bits per heavy atom. The van der Waals surface area contributed by atoms with Crippen molar-refractivity contribution in [1.82, 2.24) is 19.9 Å². The molecule has 270 valence electrons. The lowest BCUT2D eigenvalue weighted by Gasteiger charge is -2.35. The van der Waals surface area contributed by atoms with E-state index in [1.165, 1.54) is 64.7 Å². The molecule has 1 atom stereocenters. The van der Waals surface area contributed by atoms with Crippen LogP contribution in [0, 0.1) is 0 Å². The summed E-state index contributed by atoms with van der Waals surface area (Å²) in [7, 11) is 0. The van der Waals surface area contributed by atoms with Crippen molar-refractivity contribution in [3.63, 3.8) is 0 Å². The average Bonchev–Trinajstić information content (AvgIpc) is 3.78. The molecule has 0 amide bonds. The topological polar surface area (TPSA) is 51.6 Å². The second-order valence-corrected chi connectivity index (χ2v) is 16.0. The van der Waals surface area contributed by atoms with E-state index >= 15 is 0 Å². The first-order chi connectivity index (χ1) is 28.7. The van der Waals surface area contributed by atoms with Gasteiger partial charge in [0.25, 0.3) is 0 Å². The van der Waals surface area contributed by atoms with Crippen LogP contribution in [0.1, 0.15) is 33.4 Å². The Balaban J connectivity index is 1.11. The Labute approximate surface area is 339 Å². The quantitative estimate of drug-likeness (QED) is 0.179. The highest BCUT2D eigenvalue weighted by Gasteiger charge is 2.49. The van der Waals surface area contributed by atoms with Crippen LogP contribution in [0.15, 0.2) is 182 Å². The van der Waals surface area contributed by atoms with Crippen molar-refractivity contribution in [3.8, 4) is 56.3 Å². The number of benzene rings is 6. The van der Waals surface area contributed by atoms with Crippen LogP contribution in [-0.4, -0.2) is 19.9 Å². The molecule has 2 aliphatic carbocycles. The van der Waals surface area contributed by atoms with Crippen LogP contribution in [0.25, 0.3) is 88.6 Å². The Kier molecular flexibility index (Phi) is 7.28. The lowest BCUT2D eigenvalue weighted by Crippen LogP contribution is -2.30. The van der Waals surface area contributed by atoms with Gasteiger partial charge in [-0.2, -0.15) is 0 Å². The molecule has 4 nitrogen and oxygen atoms in total. The number of aromatic nitrogens is 4. The summed E-state index contributed by atoms with van der Waals surface area (Å²) < 4.78 is 2.64. The summed E-state index contributed by atoms with van der Waals surface area (Å²) in [5.74, 6) is 0.665. The van der Waals surface area contributed by atoms with Crippen molar-refractivity contribution < 1.29 is 0 Å². The zero-order valence-corrected chi connectivity index (χ0v) is 32.0. The smallest absolute Gasteiger partial charge is 0.160 e. The number of hydrogen-bond donors (Lipinski definition) is 0. The second-order valence-electron chi connectivity index (χ2n) is 15.0. The van der Waals surface area contributed by atoms with E-state index in [2.05, 4.69) is 157 Å². The van der Waals surface area contributed by atoms with Gasteiger partial charge in [0.2, 0.25) is 0 Å². The standard InChI is InChI=1S/C53H32N4S/c1-2-12-35(13-3-1)47-30-48(38-24-27-46(55-32-38)37-14-10-28-54-31-37)57-52(56-47)36-23-22-34-21-20-33-11-4-7-17-42(33)53(45(34)29-36)43-18-8-5-16-41(43)50-44(53)26-25-40-39-15-6-9-19-49(39)58-51(40)50/h1-32H. The average molecular weight is 757 g/mol. The van der Waals surface area contributed by atoms with E-state index in [0.29, 0.717) is 5.82 Å². The summed E-state index contributed by atoms with van der Waals surface area (Å²) >= 11 is 1.90. The lowest BCUT2D eigenvalue weighted by atomic mass is 9.65. The minimum Gasteiger partial charge on any atom is -0.264 e. The summed E-state index contributed by atoms with van der Waals surface area (Å²) in [6, 6.07) is 58.9. The highest BCUT2D eigenvalue weighted by atomic mass is 32.1. The van der Waals surface area contributed by atoms with E-state index in [-0.39, 0.29) is 0 Å². The zero-order chi connectivity index (χ0) is 38.2. The fourth-order valence-corrected chi connectivity index (χ4v) is 10.6. The Morgan fingerprint density at radius 2 is 1.17 bits per heavy atom. The van der Waals surface area contributed by atoms with Gasteiger partial charge in [-0.3, -0.25) is 9.97 Å². The molecule has 5 heteroatoms. The van der Waals surface area contributed by atoms with Crippen LogP contribution in [-0.2, 0) is 5.41 Å². The molecule has 0 fully saturated rings. The third kappa shape index (κ3) is 4.87. The molecule has 0 saturated carbocycles. The summed E-state index contributed by atoms with van der Waals surface area (Å²) in [6.45, 7) is 0. The van der Waals surface area contributed by atoms with Crippen molar-refractivity contribution in [2.75, 3.05) is 0 Å². The van der Waals surface area contributed by atoms with Gasteiger partial charge in [-0.25, -0.2) is 9.97 Å². The van der Waals surface area contributed by atoms with E-state index in [1.54, 1.807) is 6.20 Å².